The van der Waals surface area contributed by atoms with Crippen LogP contribution in [0.2, 0.25) is 0 Å². The molecule has 0 aliphatic carbocycles. The van der Waals surface area contributed by atoms with Crippen LogP contribution in [0.3, 0.4) is 0 Å². The molecule has 29 heavy (non-hydrogen) atoms. The van der Waals surface area contributed by atoms with Gasteiger partial charge in [0.05, 0.1) is 18.0 Å². The van der Waals surface area contributed by atoms with Crippen molar-refractivity contribution < 1.29 is 23.6 Å². The lowest BCUT2D eigenvalue weighted by molar-refractivity contribution is -0.384. The van der Waals surface area contributed by atoms with Crippen LogP contribution in [0.4, 0.5) is 5.69 Å². The third-order valence-corrected chi connectivity index (χ3v) is 4.02. The summed E-state index contributed by atoms with van der Waals surface area (Å²) < 4.78 is 16.3. The Morgan fingerprint density at radius 1 is 1.14 bits per heavy atom. The van der Waals surface area contributed by atoms with E-state index in [0.29, 0.717) is 11.3 Å². The van der Waals surface area contributed by atoms with Gasteiger partial charge in [0.1, 0.15) is 5.75 Å². The molecule has 9 nitrogen and oxygen atoms in total. The van der Waals surface area contributed by atoms with E-state index in [-0.39, 0.29) is 30.5 Å². The Balaban J connectivity index is 1.51. The summed E-state index contributed by atoms with van der Waals surface area (Å²) in [5.74, 6) is 0.535. The van der Waals surface area contributed by atoms with Gasteiger partial charge in [-0.1, -0.05) is 17.7 Å². The van der Waals surface area contributed by atoms with Crippen molar-refractivity contribution in [2.45, 2.75) is 26.4 Å². The third kappa shape index (κ3) is 5.38. The topological polar surface area (TPSA) is 118 Å². The predicted molar refractivity (Wildman–Crippen MR) is 102 cm³/mol. The molecule has 0 radical (unpaired) electrons. The molecule has 150 valence electrons. The SMILES string of the molecule is Cc1ccc(OCCC(=O)O[C@@H](C)c2nnc(-c3ccc([N+](=O)[O-])cc3)o2)cc1. The Kier molecular flexibility index (Phi) is 6.18. The van der Waals surface area contributed by atoms with Gasteiger partial charge in [-0.3, -0.25) is 14.9 Å². The van der Waals surface area contributed by atoms with E-state index in [1.807, 2.05) is 31.2 Å². The van der Waals surface area contributed by atoms with Crippen molar-refractivity contribution in [2.75, 3.05) is 6.61 Å². The molecule has 0 spiro atoms. The molecule has 0 saturated heterocycles. The number of nitrogens with zero attached hydrogens (tertiary/aromatic N) is 3. The summed E-state index contributed by atoms with van der Waals surface area (Å²) in [6.07, 6.45) is -0.664. The molecule has 2 aromatic carbocycles. The molecule has 1 atom stereocenters. The molecule has 1 heterocycles. The largest absolute Gasteiger partial charge is 0.493 e. The number of carbonyl (C=O) groups is 1. The van der Waals surface area contributed by atoms with Gasteiger partial charge >= 0.3 is 5.97 Å². The predicted octanol–water partition coefficient (Wildman–Crippen LogP) is 4.03. The number of esters is 1. The molecule has 0 fully saturated rings. The summed E-state index contributed by atoms with van der Waals surface area (Å²) >= 11 is 0. The first kappa shape index (κ1) is 20.0. The highest BCUT2D eigenvalue weighted by molar-refractivity contribution is 5.69. The van der Waals surface area contributed by atoms with Crippen molar-refractivity contribution in [1.82, 2.24) is 10.2 Å². The van der Waals surface area contributed by atoms with Crippen LogP contribution in [0.15, 0.2) is 52.9 Å². The molecule has 3 rings (SSSR count). The number of aryl methyl sites for hydroxylation is 1. The van der Waals surface area contributed by atoms with Gasteiger partial charge in [0.25, 0.3) is 11.6 Å². The Bertz CT molecular complexity index is 982. The standard InChI is InChI=1S/C20H19N3O6/c1-13-3-9-17(10-4-13)27-12-11-18(24)28-14(2)19-21-22-20(29-19)15-5-7-16(8-6-15)23(25)26/h3-10,14H,11-12H2,1-2H3/t14-/m0/s1. The highest BCUT2D eigenvalue weighted by Gasteiger charge is 2.19. The number of non-ortho nitro benzene ring substituents is 1. The third-order valence-electron chi connectivity index (χ3n) is 4.02. The van der Waals surface area contributed by atoms with Gasteiger partial charge in [-0.15, -0.1) is 10.2 Å². The Morgan fingerprint density at radius 2 is 1.83 bits per heavy atom. The molecular formula is C20H19N3O6. The van der Waals surface area contributed by atoms with Crippen LogP contribution in [0, 0.1) is 17.0 Å². The highest BCUT2D eigenvalue weighted by atomic mass is 16.6. The summed E-state index contributed by atoms with van der Waals surface area (Å²) in [5, 5.41) is 18.5. The molecular weight excluding hydrogens is 378 g/mol. The minimum Gasteiger partial charge on any atom is -0.493 e. The van der Waals surface area contributed by atoms with Crippen LogP contribution in [0.1, 0.15) is 30.9 Å². The van der Waals surface area contributed by atoms with Gasteiger partial charge < -0.3 is 13.9 Å². The molecule has 0 bridgehead atoms. The second-order valence-corrected chi connectivity index (χ2v) is 6.29. The van der Waals surface area contributed by atoms with E-state index in [0.717, 1.165) is 5.56 Å². The van der Waals surface area contributed by atoms with Gasteiger partial charge in [-0.05, 0) is 38.1 Å². The fourth-order valence-corrected chi connectivity index (χ4v) is 2.43. The van der Waals surface area contributed by atoms with E-state index in [1.54, 1.807) is 6.92 Å². The van der Waals surface area contributed by atoms with Crippen LogP contribution in [-0.2, 0) is 9.53 Å². The minimum absolute atomic E-state index is 0.0383. The lowest BCUT2D eigenvalue weighted by Gasteiger charge is -2.10. The summed E-state index contributed by atoms with van der Waals surface area (Å²) in [6.45, 7) is 3.78. The number of hydrogen-bond donors (Lipinski definition) is 0. The number of hydrogen-bond acceptors (Lipinski definition) is 8. The second kappa shape index (κ2) is 8.96. The van der Waals surface area contributed by atoms with Crippen molar-refractivity contribution in [3.05, 3.63) is 70.1 Å². The van der Waals surface area contributed by atoms with Crippen LogP contribution in [-0.4, -0.2) is 27.7 Å². The van der Waals surface area contributed by atoms with Gasteiger partial charge in [-0.25, -0.2) is 0 Å². The summed E-state index contributed by atoms with van der Waals surface area (Å²) in [4.78, 5) is 22.2. The first-order valence-corrected chi connectivity index (χ1v) is 8.89. The Hall–Kier alpha value is -3.75. The van der Waals surface area contributed by atoms with E-state index < -0.39 is 17.0 Å². The summed E-state index contributed by atoms with van der Waals surface area (Å²) in [7, 11) is 0. The van der Waals surface area contributed by atoms with E-state index in [2.05, 4.69) is 10.2 Å². The Morgan fingerprint density at radius 3 is 2.48 bits per heavy atom. The number of ether oxygens (including phenoxy) is 2. The lowest BCUT2D eigenvalue weighted by Crippen LogP contribution is -2.12. The van der Waals surface area contributed by atoms with Crippen LogP contribution in [0.5, 0.6) is 5.75 Å². The number of carbonyl (C=O) groups excluding carboxylic acids is 1. The van der Waals surface area contributed by atoms with E-state index in [9.17, 15) is 14.9 Å². The quantitative estimate of drug-likeness (QED) is 0.318. The number of aromatic nitrogens is 2. The van der Waals surface area contributed by atoms with Crippen LogP contribution in [0.25, 0.3) is 11.5 Å². The van der Waals surface area contributed by atoms with Gasteiger partial charge in [0.2, 0.25) is 5.89 Å². The molecule has 0 aliphatic rings. The first-order valence-electron chi connectivity index (χ1n) is 8.89. The van der Waals surface area contributed by atoms with Crippen molar-refractivity contribution in [1.29, 1.82) is 0 Å². The molecule has 0 amide bonds. The average molecular weight is 397 g/mol. The highest BCUT2D eigenvalue weighted by Crippen LogP contribution is 2.24. The summed E-state index contributed by atoms with van der Waals surface area (Å²) in [5.41, 5.74) is 1.61. The molecule has 1 aromatic heterocycles. The van der Waals surface area contributed by atoms with Crippen molar-refractivity contribution in [3.63, 3.8) is 0 Å². The zero-order valence-corrected chi connectivity index (χ0v) is 15.9. The fourth-order valence-electron chi connectivity index (χ4n) is 2.43. The van der Waals surface area contributed by atoms with E-state index in [1.165, 1.54) is 24.3 Å². The minimum atomic E-state index is -0.735. The van der Waals surface area contributed by atoms with E-state index in [4.69, 9.17) is 13.9 Å². The summed E-state index contributed by atoms with van der Waals surface area (Å²) in [6, 6.07) is 13.2. The normalized spacial score (nSPS) is 11.7. The number of benzene rings is 2. The van der Waals surface area contributed by atoms with Gasteiger partial charge in [-0.2, -0.15) is 0 Å². The molecule has 0 N–H and O–H groups in total. The van der Waals surface area contributed by atoms with Crippen molar-refractivity contribution in [2.24, 2.45) is 0 Å². The maximum Gasteiger partial charge on any atom is 0.310 e. The maximum atomic E-state index is 12.0. The van der Waals surface area contributed by atoms with Crippen LogP contribution >= 0.6 is 0 Å². The number of rotatable bonds is 8. The number of nitro benzene ring substituents is 1. The van der Waals surface area contributed by atoms with Gasteiger partial charge in [0, 0.05) is 17.7 Å². The first-order chi connectivity index (χ1) is 13.9. The molecule has 0 aliphatic heterocycles. The van der Waals surface area contributed by atoms with E-state index >= 15 is 0 Å². The lowest BCUT2D eigenvalue weighted by atomic mass is 10.2. The smallest absolute Gasteiger partial charge is 0.310 e. The van der Waals surface area contributed by atoms with Crippen molar-refractivity contribution >= 4 is 11.7 Å². The zero-order valence-electron chi connectivity index (χ0n) is 15.9. The monoisotopic (exact) mass is 397 g/mol. The molecule has 0 saturated carbocycles. The second-order valence-electron chi connectivity index (χ2n) is 6.29. The average Bonchev–Trinajstić information content (AvgIpc) is 3.20. The molecule has 9 heteroatoms. The molecule has 0 unspecified atom stereocenters. The van der Waals surface area contributed by atoms with Crippen LogP contribution < -0.4 is 4.74 Å². The zero-order chi connectivity index (χ0) is 20.8. The Labute approximate surface area is 166 Å². The number of nitro groups is 1. The molecule has 3 aromatic rings. The fraction of sp³-hybridized carbons (Fsp3) is 0.250. The maximum absolute atomic E-state index is 12.0. The van der Waals surface area contributed by atoms with Gasteiger partial charge in [0.15, 0.2) is 6.10 Å². The van der Waals surface area contributed by atoms with Crippen molar-refractivity contribution in [3.8, 4) is 17.2 Å².